The van der Waals surface area contributed by atoms with Crippen molar-refractivity contribution >= 4 is 28.4 Å². The molecule has 58 valence electrons. The maximum atomic E-state index is 11.2. The van der Waals surface area contributed by atoms with Gasteiger partial charge in [0.1, 0.15) is 10.7 Å². The summed E-state index contributed by atoms with van der Waals surface area (Å²) in [5.74, 6) is 0.780. The molecule has 0 aromatic carbocycles. The highest BCUT2D eigenvalue weighted by Gasteiger charge is 2.28. The molecule has 0 amide bonds. The molecule has 0 radical (unpaired) electrons. The molecular formula is C6H11NOS2. The van der Waals surface area contributed by atoms with Gasteiger partial charge in [0.15, 0.2) is 5.25 Å². The molecule has 1 aliphatic heterocycles. The largest absolute Gasteiger partial charge is 0.616 e. The van der Waals surface area contributed by atoms with E-state index < -0.39 is 11.2 Å². The van der Waals surface area contributed by atoms with Gasteiger partial charge in [-0.15, -0.1) is 0 Å². The van der Waals surface area contributed by atoms with Crippen molar-refractivity contribution in [2.75, 3.05) is 5.75 Å². The molecule has 2 nitrogen and oxygen atoms in total. The third kappa shape index (κ3) is 1.84. The minimum atomic E-state index is -0.774. The standard InChI is InChI=1S/C6H11NOS2/c7-6(9)5-3-1-2-4-10(5)8/h5H,1-4H2,(H2,7,9). The van der Waals surface area contributed by atoms with Gasteiger partial charge < -0.3 is 10.3 Å². The second-order valence-corrected chi connectivity index (χ2v) is 4.68. The van der Waals surface area contributed by atoms with Gasteiger partial charge >= 0.3 is 0 Å². The molecule has 1 saturated heterocycles. The summed E-state index contributed by atoms with van der Waals surface area (Å²) in [6.07, 6.45) is 3.10. The summed E-state index contributed by atoms with van der Waals surface area (Å²) >= 11 is 4.00. The molecule has 10 heavy (non-hydrogen) atoms. The average Bonchev–Trinajstić information content (AvgIpc) is 1.88. The molecule has 1 rings (SSSR count). The summed E-state index contributed by atoms with van der Waals surface area (Å²) in [6, 6.07) is 0. The summed E-state index contributed by atoms with van der Waals surface area (Å²) in [5.41, 5.74) is 5.40. The van der Waals surface area contributed by atoms with E-state index in [4.69, 9.17) is 18.0 Å². The maximum absolute atomic E-state index is 11.2. The highest BCUT2D eigenvalue weighted by atomic mass is 32.2. The Kier molecular flexibility index (Phi) is 2.95. The molecule has 1 fully saturated rings. The van der Waals surface area contributed by atoms with Crippen molar-refractivity contribution in [1.82, 2.24) is 0 Å². The Hall–Kier alpha value is 0.200. The second kappa shape index (κ2) is 3.55. The van der Waals surface area contributed by atoms with E-state index in [0.29, 0.717) is 4.99 Å². The Morgan fingerprint density at radius 1 is 1.60 bits per heavy atom. The van der Waals surface area contributed by atoms with Gasteiger partial charge in [0.2, 0.25) is 0 Å². The molecule has 0 saturated carbocycles. The first-order valence-electron chi connectivity index (χ1n) is 3.38. The molecule has 2 N–H and O–H groups in total. The van der Waals surface area contributed by atoms with Crippen molar-refractivity contribution in [2.45, 2.75) is 24.5 Å². The Balaban J connectivity index is 2.47. The third-order valence-corrected chi connectivity index (χ3v) is 3.95. The van der Waals surface area contributed by atoms with Crippen molar-refractivity contribution in [3.8, 4) is 0 Å². The van der Waals surface area contributed by atoms with Crippen LogP contribution in [0.25, 0.3) is 0 Å². The van der Waals surface area contributed by atoms with Crippen molar-refractivity contribution in [1.29, 1.82) is 0 Å². The van der Waals surface area contributed by atoms with Crippen LogP contribution in [0.5, 0.6) is 0 Å². The summed E-state index contributed by atoms with van der Waals surface area (Å²) in [7, 11) is 0. The van der Waals surface area contributed by atoms with Gasteiger partial charge in [0.25, 0.3) is 0 Å². The lowest BCUT2D eigenvalue weighted by Gasteiger charge is -2.24. The first-order chi connectivity index (χ1) is 4.72. The van der Waals surface area contributed by atoms with Crippen LogP contribution < -0.4 is 5.73 Å². The van der Waals surface area contributed by atoms with E-state index in [1.807, 2.05) is 0 Å². The van der Waals surface area contributed by atoms with Crippen LogP contribution in [0.3, 0.4) is 0 Å². The normalized spacial score (nSPS) is 33.7. The van der Waals surface area contributed by atoms with Crippen LogP contribution in [0, 0.1) is 0 Å². The molecule has 4 heteroatoms. The Morgan fingerprint density at radius 3 is 2.70 bits per heavy atom. The van der Waals surface area contributed by atoms with E-state index in [-0.39, 0.29) is 5.25 Å². The SMILES string of the molecule is NC(=S)C1CCCC[S+]1[O-]. The van der Waals surface area contributed by atoms with Gasteiger partial charge in [-0.25, -0.2) is 0 Å². The van der Waals surface area contributed by atoms with Crippen LogP contribution in [0.4, 0.5) is 0 Å². The Labute approximate surface area is 69.4 Å². The molecule has 2 unspecified atom stereocenters. The van der Waals surface area contributed by atoms with Gasteiger partial charge in [0, 0.05) is 6.42 Å². The highest BCUT2D eigenvalue weighted by Crippen LogP contribution is 2.19. The van der Waals surface area contributed by atoms with E-state index in [0.717, 1.165) is 25.0 Å². The lowest BCUT2D eigenvalue weighted by atomic mass is 10.2. The topological polar surface area (TPSA) is 49.1 Å². The second-order valence-electron chi connectivity index (χ2n) is 2.47. The van der Waals surface area contributed by atoms with E-state index in [9.17, 15) is 4.55 Å². The van der Waals surface area contributed by atoms with Gasteiger partial charge in [-0.1, -0.05) is 12.2 Å². The number of rotatable bonds is 1. The zero-order valence-corrected chi connectivity index (χ0v) is 7.34. The molecule has 0 aliphatic carbocycles. The lowest BCUT2D eigenvalue weighted by molar-refractivity contribution is 0.563. The van der Waals surface area contributed by atoms with Crippen LogP contribution in [0.1, 0.15) is 19.3 Å². The van der Waals surface area contributed by atoms with Crippen LogP contribution in [-0.2, 0) is 11.2 Å². The summed E-state index contributed by atoms with van der Waals surface area (Å²) in [5, 5.41) is 0.00347. The van der Waals surface area contributed by atoms with Crippen LogP contribution in [-0.4, -0.2) is 20.5 Å². The number of thiocarbonyl (C=S) groups is 1. The summed E-state index contributed by atoms with van der Waals surface area (Å²) in [4.78, 5) is 0.429. The number of hydrogen-bond acceptors (Lipinski definition) is 2. The molecular weight excluding hydrogens is 166 g/mol. The van der Waals surface area contributed by atoms with Gasteiger partial charge in [-0.3, -0.25) is 0 Å². The van der Waals surface area contributed by atoms with E-state index >= 15 is 0 Å². The molecule has 0 aromatic heterocycles. The smallest absolute Gasteiger partial charge is 0.164 e. The Bertz CT molecular complexity index is 140. The molecule has 0 spiro atoms. The zero-order valence-electron chi connectivity index (χ0n) is 5.71. The predicted octanol–water partition coefficient (Wildman–Crippen LogP) is 0.574. The molecule has 1 aliphatic rings. The highest BCUT2D eigenvalue weighted by molar-refractivity contribution is 7.94. The minimum Gasteiger partial charge on any atom is -0.616 e. The molecule has 0 bridgehead atoms. The van der Waals surface area contributed by atoms with Crippen molar-refractivity contribution < 1.29 is 4.55 Å². The minimum absolute atomic E-state index is 0.00347. The van der Waals surface area contributed by atoms with Gasteiger partial charge in [-0.05, 0) is 24.0 Å². The predicted molar refractivity (Wildman–Crippen MR) is 47.4 cm³/mol. The van der Waals surface area contributed by atoms with Gasteiger partial charge in [-0.2, -0.15) is 0 Å². The quantitative estimate of drug-likeness (QED) is 0.470. The van der Waals surface area contributed by atoms with Gasteiger partial charge in [0.05, 0.1) is 0 Å². The van der Waals surface area contributed by atoms with E-state index in [2.05, 4.69) is 0 Å². The zero-order chi connectivity index (χ0) is 7.56. The lowest BCUT2D eigenvalue weighted by Crippen LogP contribution is -2.38. The average molecular weight is 177 g/mol. The fraction of sp³-hybridized carbons (Fsp3) is 0.833. The van der Waals surface area contributed by atoms with E-state index in [1.165, 1.54) is 0 Å². The number of hydrogen-bond donors (Lipinski definition) is 1. The van der Waals surface area contributed by atoms with E-state index in [1.54, 1.807) is 0 Å². The molecule has 0 aromatic rings. The first-order valence-corrected chi connectivity index (χ1v) is 5.17. The van der Waals surface area contributed by atoms with Crippen LogP contribution in [0.2, 0.25) is 0 Å². The fourth-order valence-corrected chi connectivity index (χ4v) is 3.02. The molecule has 1 heterocycles. The molecule has 2 atom stereocenters. The third-order valence-electron chi connectivity index (χ3n) is 1.70. The summed E-state index contributed by atoms with van der Waals surface area (Å²) < 4.78 is 11.2. The first kappa shape index (κ1) is 8.30. The monoisotopic (exact) mass is 177 g/mol. The fourth-order valence-electron chi connectivity index (χ4n) is 1.12. The van der Waals surface area contributed by atoms with Crippen LogP contribution in [0.15, 0.2) is 0 Å². The van der Waals surface area contributed by atoms with Crippen molar-refractivity contribution in [3.63, 3.8) is 0 Å². The maximum Gasteiger partial charge on any atom is 0.164 e. The summed E-state index contributed by atoms with van der Waals surface area (Å²) in [6.45, 7) is 0. The van der Waals surface area contributed by atoms with Crippen molar-refractivity contribution in [2.24, 2.45) is 5.73 Å². The van der Waals surface area contributed by atoms with Crippen molar-refractivity contribution in [3.05, 3.63) is 0 Å². The Morgan fingerprint density at radius 2 is 2.30 bits per heavy atom. The number of nitrogens with two attached hydrogens (primary N) is 1. The van der Waals surface area contributed by atoms with Crippen LogP contribution >= 0.6 is 12.2 Å².